The zero-order chi connectivity index (χ0) is 13.1. The van der Waals surface area contributed by atoms with E-state index in [0.717, 1.165) is 0 Å². The van der Waals surface area contributed by atoms with Crippen LogP contribution >= 0.6 is 0 Å². The molecule has 7 heteroatoms. The lowest BCUT2D eigenvalue weighted by Crippen LogP contribution is -2.39. The standard InChI is InChI=1S/C10H15F6N/c11-9(12,13)4-5-17-8-3-1-2-7(6-8)10(14,15)16/h7-8,17H,1-6H2. The summed E-state index contributed by atoms with van der Waals surface area (Å²) in [7, 11) is 0. The highest BCUT2D eigenvalue weighted by molar-refractivity contribution is 4.81. The van der Waals surface area contributed by atoms with Crippen LogP contribution in [0.1, 0.15) is 32.1 Å². The molecule has 1 aliphatic carbocycles. The maximum Gasteiger partial charge on any atom is 0.391 e. The first kappa shape index (κ1) is 14.6. The van der Waals surface area contributed by atoms with Crippen molar-refractivity contribution in [3.8, 4) is 0 Å². The number of hydrogen-bond donors (Lipinski definition) is 1. The summed E-state index contributed by atoms with van der Waals surface area (Å²) >= 11 is 0. The molecule has 0 aliphatic heterocycles. The van der Waals surface area contributed by atoms with Gasteiger partial charge in [-0.25, -0.2) is 0 Å². The SMILES string of the molecule is FC(F)(F)CCNC1CCCC(C(F)(F)F)C1. The van der Waals surface area contributed by atoms with E-state index >= 15 is 0 Å². The molecule has 1 fully saturated rings. The Labute approximate surface area is 95.6 Å². The lowest BCUT2D eigenvalue weighted by molar-refractivity contribution is -0.184. The lowest BCUT2D eigenvalue weighted by atomic mass is 9.85. The van der Waals surface area contributed by atoms with Crippen molar-refractivity contribution < 1.29 is 26.3 Å². The molecule has 1 aliphatic rings. The summed E-state index contributed by atoms with van der Waals surface area (Å²) in [5.74, 6) is -1.38. The molecule has 0 amide bonds. The second kappa shape index (κ2) is 5.46. The highest BCUT2D eigenvalue weighted by Gasteiger charge is 2.42. The van der Waals surface area contributed by atoms with Gasteiger partial charge in [0.25, 0.3) is 0 Å². The van der Waals surface area contributed by atoms with Crippen LogP contribution in [0.25, 0.3) is 0 Å². The Hall–Kier alpha value is -0.460. The number of alkyl halides is 6. The van der Waals surface area contributed by atoms with E-state index in [1.165, 1.54) is 0 Å². The number of nitrogens with one attached hydrogen (secondary N) is 1. The predicted octanol–water partition coefficient (Wildman–Crippen LogP) is 3.65. The molecule has 2 atom stereocenters. The highest BCUT2D eigenvalue weighted by atomic mass is 19.4. The van der Waals surface area contributed by atoms with E-state index in [2.05, 4.69) is 5.32 Å². The first-order valence-electron chi connectivity index (χ1n) is 5.55. The van der Waals surface area contributed by atoms with Crippen LogP contribution in [0.3, 0.4) is 0 Å². The normalized spacial score (nSPS) is 27.2. The van der Waals surface area contributed by atoms with Crippen LogP contribution in [0.2, 0.25) is 0 Å². The van der Waals surface area contributed by atoms with Gasteiger partial charge in [0.05, 0.1) is 12.3 Å². The summed E-state index contributed by atoms with van der Waals surface area (Å²) in [6, 6.07) is -0.447. The van der Waals surface area contributed by atoms with Gasteiger partial charge in [0.2, 0.25) is 0 Å². The third kappa shape index (κ3) is 5.61. The van der Waals surface area contributed by atoms with Gasteiger partial charge in [0.1, 0.15) is 0 Å². The fraction of sp³-hybridized carbons (Fsp3) is 1.00. The maximum atomic E-state index is 12.4. The van der Waals surface area contributed by atoms with E-state index in [1.807, 2.05) is 0 Å². The number of halogens is 6. The van der Waals surface area contributed by atoms with E-state index in [9.17, 15) is 26.3 Å². The van der Waals surface area contributed by atoms with Crippen LogP contribution in [0.4, 0.5) is 26.3 Å². The van der Waals surface area contributed by atoms with Crippen LogP contribution in [0, 0.1) is 5.92 Å². The molecule has 0 aromatic rings. The number of rotatable bonds is 3. The van der Waals surface area contributed by atoms with Gasteiger partial charge in [-0.15, -0.1) is 0 Å². The predicted molar refractivity (Wildman–Crippen MR) is 50.5 cm³/mol. The Morgan fingerprint density at radius 3 is 2.18 bits per heavy atom. The first-order chi connectivity index (χ1) is 7.68. The minimum atomic E-state index is -4.26. The molecule has 1 saturated carbocycles. The largest absolute Gasteiger partial charge is 0.391 e. The second-order valence-corrected chi connectivity index (χ2v) is 4.42. The summed E-state index contributed by atoms with van der Waals surface area (Å²) in [6.07, 6.45) is -8.59. The molecule has 0 aromatic carbocycles. The average molecular weight is 263 g/mol. The van der Waals surface area contributed by atoms with Crippen molar-refractivity contribution in [3.05, 3.63) is 0 Å². The van der Waals surface area contributed by atoms with Crippen molar-refractivity contribution in [3.63, 3.8) is 0 Å². The average Bonchev–Trinajstić information content (AvgIpc) is 2.15. The molecule has 1 rings (SSSR count). The minimum Gasteiger partial charge on any atom is -0.314 e. The molecule has 1 N–H and O–H groups in total. The van der Waals surface area contributed by atoms with Crippen LogP contribution < -0.4 is 5.32 Å². The topological polar surface area (TPSA) is 12.0 Å². The molecular weight excluding hydrogens is 248 g/mol. The fourth-order valence-electron chi connectivity index (χ4n) is 2.09. The third-order valence-electron chi connectivity index (χ3n) is 2.98. The minimum absolute atomic E-state index is 0.0843. The number of hydrogen-bond acceptors (Lipinski definition) is 1. The van der Waals surface area contributed by atoms with Crippen molar-refractivity contribution in [2.24, 2.45) is 5.92 Å². The molecule has 0 radical (unpaired) electrons. The zero-order valence-electron chi connectivity index (χ0n) is 9.17. The summed E-state index contributed by atoms with van der Waals surface area (Å²) in [5.41, 5.74) is 0. The molecule has 0 saturated heterocycles. The summed E-state index contributed by atoms with van der Waals surface area (Å²) in [6.45, 7) is -0.307. The fourth-order valence-corrected chi connectivity index (χ4v) is 2.09. The third-order valence-corrected chi connectivity index (χ3v) is 2.98. The summed E-state index contributed by atoms with van der Waals surface area (Å²) in [5, 5.41) is 2.56. The van der Waals surface area contributed by atoms with Crippen molar-refractivity contribution in [2.45, 2.75) is 50.5 Å². The van der Waals surface area contributed by atoms with Gasteiger partial charge in [-0.3, -0.25) is 0 Å². The van der Waals surface area contributed by atoms with Crippen LogP contribution in [0.15, 0.2) is 0 Å². The molecule has 0 aromatic heterocycles. The van der Waals surface area contributed by atoms with Crippen molar-refractivity contribution in [2.75, 3.05) is 6.54 Å². The van der Waals surface area contributed by atoms with Gasteiger partial charge in [0.15, 0.2) is 0 Å². The van der Waals surface area contributed by atoms with E-state index in [0.29, 0.717) is 12.8 Å². The second-order valence-electron chi connectivity index (χ2n) is 4.42. The molecule has 1 nitrogen and oxygen atoms in total. The Balaban J connectivity index is 2.30. The van der Waals surface area contributed by atoms with Gasteiger partial charge in [-0.05, 0) is 19.3 Å². The van der Waals surface area contributed by atoms with Gasteiger partial charge >= 0.3 is 12.4 Å². The molecule has 0 bridgehead atoms. The Kier molecular flexibility index (Phi) is 4.69. The van der Waals surface area contributed by atoms with E-state index in [4.69, 9.17) is 0 Å². The van der Waals surface area contributed by atoms with Crippen molar-refractivity contribution >= 4 is 0 Å². The van der Waals surface area contributed by atoms with E-state index in [-0.39, 0.29) is 19.4 Å². The van der Waals surface area contributed by atoms with Crippen molar-refractivity contribution in [1.29, 1.82) is 0 Å². The summed E-state index contributed by atoms with van der Waals surface area (Å²) < 4.78 is 72.8. The zero-order valence-corrected chi connectivity index (χ0v) is 9.17. The quantitative estimate of drug-likeness (QED) is 0.766. The summed E-state index contributed by atoms with van der Waals surface area (Å²) in [4.78, 5) is 0. The van der Waals surface area contributed by atoms with Crippen LogP contribution in [-0.2, 0) is 0 Å². The molecular formula is C10H15F6N. The lowest BCUT2D eigenvalue weighted by Gasteiger charge is -2.31. The highest BCUT2D eigenvalue weighted by Crippen LogP contribution is 2.37. The van der Waals surface area contributed by atoms with E-state index in [1.54, 1.807) is 0 Å². The molecule has 2 unspecified atom stereocenters. The molecule has 17 heavy (non-hydrogen) atoms. The monoisotopic (exact) mass is 263 g/mol. The first-order valence-corrected chi connectivity index (χ1v) is 5.55. The Morgan fingerprint density at radius 2 is 1.65 bits per heavy atom. The van der Waals surface area contributed by atoms with Crippen molar-refractivity contribution in [1.82, 2.24) is 5.32 Å². The smallest absolute Gasteiger partial charge is 0.314 e. The van der Waals surface area contributed by atoms with E-state index < -0.39 is 30.7 Å². The van der Waals surface area contributed by atoms with Gasteiger partial charge in [-0.2, -0.15) is 26.3 Å². The molecule has 0 spiro atoms. The Morgan fingerprint density at radius 1 is 1.00 bits per heavy atom. The van der Waals surface area contributed by atoms with Gasteiger partial charge in [0, 0.05) is 12.6 Å². The van der Waals surface area contributed by atoms with Gasteiger partial charge < -0.3 is 5.32 Å². The molecule has 0 heterocycles. The van der Waals surface area contributed by atoms with Crippen LogP contribution in [0.5, 0.6) is 0 Å². The maximum absolute atomic E-state index is 12.4. The molecule has 102 valence electrons. The van der Waals surface area contributed by atoms with Crippen LogP contribution in [-0.4, -0.2) is 24.9 Å². The van der Waals surface area contributed by atoms with Gasteiger partial charge in [-0.1, -0.05) is 6.42 Å². The Bertz CT molecular complexity index is 234.